The van der Waals surface area contributed by atoms with E-state index >= 15 is 0 Å². The van der Waals surface area contributed by atoms with Crippen LogP contribution in [0, 0.1) is 23.7 Å². The molecular weight excluding hydrogens is 737 g/mol. The van der Waals surface area contributed by atoms with Crippen molar-refractivity contribution in [3.63, 3.8) is 0 Å². The molecule has 296 valence electrons. The van der Waals surface area contributed by atoms with E-state index in [2.05, 4.69) is 46.7 Å². The normalized spacial score (nSPS) is 28.2. The number of para-hydroxylation sites is 1. The average molecular weight is 787 g/mol. The van der Waals surface area contributed by atoms with Crippen LogP contribution < -0.4 is 10.2 Å². The number of carbonyl (C=O) groups is 2. The second kappa shape index (κ2) is 13.5. The van der Waals surface area contributed by atoms with E-state index in [1.54, 1.807) is 0 Å². The first kappa shape index (κ1) is 36.7. The molecule has 0 radical (unpaired) electrons. The minimum Gasteiger partial charge on any atom is -0.476 e. The summed E-state index contributed by atoms with van der Waals surface area (Å²) in [6, 6.07) is 17.5. The first-order valence-corrected chi connectivity index (χ1v) is 21.3. The van der Waals surface area contributed by atoms with Crippen LogP contribution >= 0.6 is 11.3 Å². The molecule has 1 saturated heterocycles. The summed E-state index contributed by atoms with van der Waals surface area (Å²) in [6.07, 6.45) is 11.0. The van der Waals surface area contributed by atoms with Crippen molar-refractivity contribution in [2.24, 2.45) is 16.7 Å². The minimum atomic E-state index is -1.08. The lowest BCUT2D eigenvalue weighted by atomic mass is 9.41. The van der Waals surface area contributed by atoms with E-state index in [0.29, 0.717) is 47.5 Å². The van der Waals surface area contributed by atoms with Crippen molar-refractivity contribution < 1.29 is 24.2 Å². The topological polar surface area (TPSA) is 132 Å². The highest BCUT2D eigenvalue weighted by atomic mass is 32.1. The van der Waals surface area contributed by atoms with Gasteiger partial charge in [-0.25, -0.2) is 14.8 Å². The maximum atomic E-state index is 13.7. The van der Waals surface area contributed by atoms with Gasteiger partial charge in [0.15, 0.2) is 10.8 Å². The van der Waals surface area contributed by atoms with Crippen molar-refractivity contribution >= 4 is 44.4 Å². The molecule has 4 aliphatic carbocycles. The molecule has 2 aromatic carbocycles. The van der Waals surface area contributed by atoms with Gasteiger partial charge in [-0.3, -0.25) is 14.8 Å². The van der Waals surface area contributed by atoms with Crippen molar-refractivity contribution in [2.45, 2.75) is 96.2 Å². The third-order valence-corrected chi connectivity index (χ3v) is 14.6. The lowest BCUT2D eigenvalue weighted by molar-refractivity contribution is -0.245. The average Bonchev–Trinajstić information content (AvgIpc) is 3.78. The number of pyridine rings is 1. The summed E-state index contributed by atoms with van der Waals surface area (Å²) in [5.41, 5.74) is 5.69. The Labute approximate surface area is 336 Å². The van der Waals surface area contributed by atoms with Crippen LogP contribution in [0.4, 0.5) is 10.9 Å². The zero-order valence-corrected chi connectivity index (χ0v) is 33.8. The highest BCUT2D eigenvalue weighted by Crippen LogP contribution is 2.71. The number of fused-ring (bicyclic) bond motifs is 2. The molecular formula is C45H50N6O5S. The fourth-order valence-corrected chi connectivity index (χ4v) is 13.2. The van der Waals surface area contributed by atoms with Gasteiger partial charge < -0.3 is 19.5 Å². The van der Waals surface area contributed by atoms with Crippen LogP contribution in [0.15, 0.2) is 60.8 Å². The molecule has 4 bridgehead atoms. The van der Waals surface area contributed by atoms with Gasteiger partial charge in [-0.2, -0.15) is 5.10 Å². The van der Waals surface area contributed by atoms with Gasteiger partial charge in [-0.15, -0.1) is 0 Å². The van der Waals surface area contributed by atoms with Crippen LogP contribution in [0.3, 0.4) is 0 Å². The molecule has 4 saturated carbocycles. The van der Waals surface area contributed by atoms with Gasteiger partial charge in [0.2, 0.25) is 0 Å². The summed E-state index contributed by atoms with van der Waals surface area (Å²) in [5, 5.41) is 19.3. The molecule has 57 heavy (non-hydrogen) atoms. The maximum Gasteiger partial charge on any atom is 0.355 e. The fraction of sp³-hybridized carbons (Fsp3) is 0.489. The molecule has 2 unspecified atom stereocenters. The standard InChI is InChI=1S/C45H50N6O5S/c1-28-33(19-46-51(28)44-23-42(2)22-43(3,24-44)26-45(25-42,27-44)56-21-29-14-17-55-18-15-29)31-11-12-37(48-38(31)40(53)54)50-16-13-30-7-6-8-32(34(30)20-50)39(52)49-41-47-35-9-4-5-10-36(35)57-41/h4-12,19,29H,13-18,20-27H2,1-3H3,(H,53,54)(H,47,49,52). The second-order valence-electron chi connectivity index (χ2n) is 18.4. The van der Waals surface area contributed by atoms with Crippen molar-refractivity contribution in [2.75, 3.05) is 36.6 Å². The lowest BCUT2D eigenvalue weighted by Gasteiger charge is -2.69. The number of ether oxygens (including phenoxy) is 2. The molecule has 2 N–H and O–H groups in total. The molecule has 5 aromatic rings. The third kappa shape index (κ3) is 6.44. The molecule has 11 rings (SSSR count). The van der Waals surface area contributed by atoms with Crippen molar-refractivity contribution in [1.29, 1.82) is 0 Å². The lowest BCUT2D eigenvalue weighted by Crippen LogP contribution is -2.67. The van der Waals surface area contributed by atoms with Crippen LogP contribution in [0.25, 0.3) is 21.3 Å². The van der Waals surface area contributed by atoms with E-state index in [0.717, 1.165) is 97.4 Å². The Morgan fingerprint density at radius 2 is 1.74 bits per heavy atom. The zero-order chi connectivity index (χ0) is 39.2. The first-order chi connectivity index (χ1) is 27.4. The number of thiazole rings is 1. The summed E-state index contributed by atoms with van der Waals surface area (Å²) in [5.74, 6) is -0.183. The number of carbonyl (C=O) groups excluding carboxylic acids is 1. The number of nitrogens with one attached hydrogen (secondary N) is 1. The van der Waals surface area contributed by atoms with Crippen LogP contribution in [0.2, 0.25) is 0 Å². The van der Waals surface area contributed by atoms with Gasteiger partial charge in [-0.1, -0.05) is 49.4 Å². The Balaban J connectivity index is 0.923. The van der Waals surface area contributed by atoms with Crippen LogP contribution in [-0.2, 0) is 28.0 Å². The van der Waals surface area contributed by atoms with E-state index in [1.807, 2.05) is 54.7 Å². The second-order valence-corrected chi connectivity index (χ2v) is 19.5. The Bertz CT molecular complexity index is 2360. The van der Waals surface area contributed by atoms with Gasteiger partial charge in [0.25, 0.3) is 5.91 Å². The van der Waals surface area contributed by atoms with Crippen molar-refractivity contribution in [3.8, 4) is 11.1 Å². The van der Waals surface area contributed by atoms with Crippen LogP contribution in [-0.4, -0.2) is 68.7 Å². The molecule has 1 amide bonds. The number of amides is 1. The van der Waals surface area contributed by atoms with Crippen molar-refractivity contribution in [1.82, 2.24) is 19.7 Å². The minimum absolute atomic E-state index is 0.00325. The Hall–Kier alpha value is -4.65. The molecule has 11 nitrogen and oxygen atoms in total. The Morgan fingerprint density at radius 3 is 2.51 bits per heavy atom. The molecule has 5 fully saturated rings. The monoisotopic (exact) mass is 786 g/mol. The molecule has 3 aromatic heterocycles. The maximum absolute atomic E-state index is 13.7. The van der Waals surface area contributed by atoms with Gasteiger partial charge in [-0.05, 0) is 116 Å². The quantitative estimate of drug-likeness (QED) is 0.151. The van der Waals surface area contributed by atoms with Gasteiger partial charge in [0.05, 0.1) is 34.2 Å². The van der Waals surface area contributed by atoms with Gasteiger partial charge in [0.1, 0.15) is 5.82 Å². The van der Waals surface area contributed by atoms with Crippen LogP contribution in [0.5, 0.6) is 0 Å². The predicted molar refractivity (Wildman–Crippen MR) is 220 cm³/mol. The number of hydrogen-bond acceptors (Lipinski definition) is 9. The predicted octanol–water partition coefficient (Wildman–Crippen LogP) is 8.65. The molecule has 6 aliphatic rings. The van der Waals surface area contributed by atoms with E-state index in [9.17, 15) is 14.7 Å². The number of anilines is 2. The number of aromatic nitrogens is 4. The highest BCUT2D eigenvalue weighted by Gasteiger charge is 2.67. The Kier molecular flexibility index (Phi) is 8.66. The third-order valence-electron chi connectivity index (χ3n) is 13.7. The van der Waals surface area contributed by atoms with E-state index in [4.69, 9.17) is 19.6 Å². The van der Waals surface area contributed by atoms with E-state index in [-0.39, 0.29) is 33.6 Å². The smallest absolute Gasteiger partial charge is 0.355 e. The number of rotatable bonds is 9. The largest absolute Gasteiger partial charge is 0.476 e. The SMILES string of the molecule is Cc1c(-c2ccc(N3CCc4cccc(C(=O)Nc5nc6ccccc6s5)c4C3)nc2C(=O)O)cnn1C12CC3(C)CC(C)(CC(OCC4CCOCC4)(C3)C1)C2. The summed E-state index contributed by atoms with van der Waals surface area (Å²) in [6.45, 7) is 10.5. The summed E-state index contributed by atoms with van der Waals surface area (Å²) < 4.78 is 16.0. The van der Waals surface area contributed by atoms with Gasteiger partial charge >= 0.3 is 5.97 Å². The summed E-state index contributed by atoms with van der Waals surface area (Å²) in [7, 11) is 0. The number of hydrogen-bond donors (Lipinski definition) is 2. The van der Waals surface area contributed by atoms with E-state index in [1.165, 1.54) is 17.8 Å². The van der Waals surface area contributed by atoms with Gasteiger partial charge in [0, 0.05) is 55.1 Å². The molecule has 2 atom stereocenters. The first-order valence-electron chi connectivity index (χ1n) is 20.5. The fourth-order valence-electron chi connectivity index (χ4n) is 12.3. The number of carboxylic acid groups (broad SMARTS) is 1. The molecule has 12 heteroatoms. The number of carboxylic acids is 1. The number of nitrogens with zero attached hydrogens (tertiary/aromatic N) is 5. The summed E-state index contributed by atoms with van der Waals surface area (Å²) in [4.78, 5) is 38.1. The summed E-state index contributed by atoms with van der Waals surface area (Å²) >= 11 is 1.45. The van der Waals surface area contributed by atoms with Crippen LogP contribution in [0.1, 0.15) is 103 Å². The highest BCUT2D eigenvalue weighted by molar-refractivity contribution is 7.22. The number of benzene rings is 2. The molecule has 0 spiro atoms. The van der Waals surface area contributed by atoms with E-state index < -0.39 is 5.97 Å². The zero-order valence-electron chi connectivity index (χ0n) is 33.0. The molecule has 5 heterocycles. The van der Waals surface area contributed by atoms with Crippen molar-refractivity contribution in [3.05, 3.63) is 88.9 Å². The number of aromatic carboxylic acids is 1. The Morgan fingerprint density at radius 1 is 0.947 bits per heavy atom. The molecule has 2 aliphatic heterocycles.